The van der Waals surface area contributed by atoms with Crippen molar-refractivity contribution in [3.8, 4) is 5.75 Å². The summed E-state index contributed by atoms with van der Waals surface area (Å²) < 4.78 is 5.33. The second-order valence-corrected chi connectivity index (χ2v) is 6.26. The molecule has 6 heteroatoms. The summed E-state index contributed by atoms with van der Waals surface area (Å²) in [7, 11) is 1.64. The highest BCUT2D eigenvalue weighted by Gasteiger charge is 2.09. The van der Waals surface area contributed by atoms with E-state index < -0.39 is 0 Å². The first kappa shape index (κ1) is 18.7. The Morgan fingerprint density at radius 2 is 1.89 bits per heavy atom. The molecule has 1 amide bonds. The van der Waals surface area contributed by atoms with Crippen molar-refractivity contribution >= 4 is 28.9 Å². The molecule has 0 aliphatic rings. The second-order valence-electron chi connectivity index (χ2n) is 5.85. The van der Waals surface area contributed by atoms with Gasteiger partial charge in [0.05, 0.1) is 17.8 Å². The van der Waals surface area contributed by atoms with Gasteiger partial charge in [-0.05, 0) is 42.3 Å². The Balaban J connectivity index is 1.61. The van der Waals surface area contributed by atoms with E-state index in [-0.39, 0.29) is 5.91 Å². The number of aromatic nitrogens is 1. The van der Waals surface area contributed by atoms with Crippen molar-refractivity contribution < 1.29 is 9.53 Å². The summed E-state index contributed by atoms with van der Waals surface area (Å²) in [5.41, 5.74) is 2.90. The third-order valence-corrected chi connectivity index (χ3v) is 4.35. The number of anilines is 2. The van der Waals surface area contributed by atoms with E-state index in [2.05, 4.69) is 15.6 Å². The molecule has 0 atom stereocenters. The summed E-state index contributed by atoms with van der Waals surface area (Å²) in [6, 6.07) is 18.7. The summed E-state index contributed by atoms with van der Waals surface area (Å²) in [6.07, 6.45) is 2.27. The summed E-state index contributed by atoms with van der Waals surface area (Å²) in [6.45, 7) is 0.489. The van der Waals surface area contributed by atoms with Crippen LogP contribution in [0.4, 0.5) is 11.4 Å². The zero-order valence-corrected chi connectivity index (χ0v) is 15.7. The molecule has 0 aliphatic heterocycles. The van der Waals surface area contributed by atoms with Crippen LogP contribution in [0.1, 0.15) is 16.1 Å². The minimum atomic E-state index is -0.229. The molecule has 0 aliphatic carbocycles. The van der Waals surface area contributed by atoms with Crippen LogP contribution >= 0.6 is 11.6 Å². The molecular formula is C21H20ClN3O2. The molecule has 0 radical (unpaired) electrons. The lowest BCUT2D eigenvalue weighted by Gasteiger charge is -2.10. The maximum Gasteiger partial charge on any atom is 0.269 e. The van der Waals surface area contributed by atoms with Crippen molar-refractivity contribution in [2.75, 3.05) is 19.0 Å². The van der Waals surface area contributed by atoms with Crippen molar-refractivity contribution in [1.82, 2.24) is 10.3 Å². The van der Waals surface area contributed by atoms with Crippen LogP contribution in [0.15, 0.2) is 66.9 Å². The van der Waals surface area contributed by atoms with E-state index >= 15 is 0 Å². The normalized spacial score (nSPS) is 10.3. The molecule has 5 nitrogen and oxygen atoms in total. The average molecular weight is 382 g/mol. The minimum Gasteiger partial charge on any atom is -0.496 e. The van der Waals surface area contributed by atoms with Gasteiger partial charge in [-0.25, -0.2) is 0 Å². The Morgan fingerprint density at radius 1 is 1.11 bits per heavy atom. The smallest absolute Gasteiger partial charge is 0.269 e. The SMILES string of the molecule is COc1ccccc1CCNC(=O)c1cc(Nc2ccccc2Cl)ccn1. The first-order chi connectivity index (χ1) is 13.2. The molecule has 0 fully saturated rings. The molecule has 2 N–H and O–H groups in total. The van der Waals surface area contributed by atoms with E-state index in [1.165, 1.54) is 0 Å². The number of pyridine rings is 1. The molecule has 1 aromatic heterocycles. The highest BCUT2D eigenvalue weighted by Crippen LogP contribution is 2.24. The number of ether oxygens (including phenoxy) is 1. The average Bonchev–Trinajstić information content (AvgIpc) is 2.70. The molecule has 138 valence electrons. The fraction of sp³-hybridized carbons (Fsp3) is 0.143. The summed E-state index contributed by atoms with van der Waals surface area (Å²) >= 11 is 6.16. The first-order valence-electron chi connectivity index (χ1n) is 8.55. The number of carbonyl (C=O) groups excluding carboxylic acids is 1. The van der Waals surface area contributed by atoms with Gasteiger partial charge in [-0.3, -0.25) is 9.78 Å². The maximum atomic E-state index is 12.4. The van der Waals surface area contributed by atoms with Gasteiger partial charge in [0.25, 0.3) is 5.91 Å². The van der Waals surface area contributed by atoms with Crippen LogP contribution < -0.4 is 15.4 Å². The zero-order chi connectivity index (χ0) is 19.1. The van der Waals surface area contributed by atoms with Crippen molar-refractivity contribution in [3.05, 3.63) is 83.1 Å². The van der Waals surface area contributed by atoms with Gasteiger partial charge in [-0.1, -0.05) is 41.9 Å². The number of amides is 1. The van der Waals surface area contributed by atoms with Gasteiger partial charge >= 0.3 is 0 Å². The third kappa shape index (κ3) is 4.99. The van der Waals surface area contributed by atoms with Crippen molar-refractivity contribution in [2.24, 2.45) is 0 Å². The van der Waals surface area contributed by atoms with Gasteiger partial charge in [-0.15, -0.1) is 0 Å². The van der Waals surface area contributed by atoms with Crippen LogP contribution in [0.3, 0.4) is 0 Å². The second kappa shape index (κ2) is 9.05. The topological polar surface area (TPSA) is 63.2 Å². The van der Waals surface area contributed by atoms with Crippen molar-refractivity contribution in [1.29, 1.82) is 0 Å². The van der Waals surface area contributed by atoms with Crippen LogP contribution in [-0.4, -0.2) is 24.5 Å². The van der Waals surface area contributed by atoms with Crippen LogP contribution in [0, 0.1) is 0 Å². The minimum absolute atomic E-state index is 0.229. The molecule has 1 heterocycles. The maximum absolute atomic E-state index is 12.4. The van der Waals surface area contributed by atoms with Gasteiger partial charge in [0, 0.05) is 18.4 Å². The number of halogens is 1. The van der Waals surface area contributed by atoms with Crippen LogP contribution in [0.25, 0.3) is 0 Å². The van der Waals surface area contributed by atoms with E-state index in [0.29, 0.717) is 23.7 Å². The predicted molar refractivity (Wildman–Crippen MR) is 108 cm³/mol. The van der Waals surface area contributed by atoms with Crippen LogP contribution in [0.2, 0.25) is 5.02 Å². The number of rotatable bonds is 7. The van der Waals surface area contributed by atoms with E-state index in [1.54, 1.807) is 31.5 Å². The molecule has 0 saturated carbocycles. The highest BCUT2D eigenvalue weighted by molar-refractivity contribution is 6.33. The summed E-state index contributed by atoms with van der Waals surface area (Å²) in [5, 5.41) is 6.69. The first-order valence-corrected chi connectivity index (χ1v) is 8.93. The number of hydrogen-bond acceptors (Lipinski definition) is 4. The molecule has 27 heavy (non-hydrogen) atoms. The number of carbonyl (C=O) groups is 1. The fourth-order valence-electron chi connectivity index (χ4n) is 2.66. The molecule has 3 rings (SSSR count). The van der Waals surface area contributed by atoms with Gasteiger partial charge in [0.2, 0.25) is 0 Å². The Kier molecular flexibility index (Phi) is 6.28. The lowest BCUT2D eigenvalue weighted by atomic mass is 10.1. The number of para-hydroxylation sites is 2. The number of hydrogen-bond donors (Lipinski definition) is 2. The summed E-state index contributed by atoms with van der Waals surface area (Å²) in [5.74, 6) is 0.587. The van der Waals surface area contributed by atoms with E-state index in [0.717, 1.165) is 22.7 Å². The number of nitrogens with zero attached hydrogens (tertiary/aromatic N) is 1. The largest absolute Gasteiger partial charge is 0.496 e. The highest BCUT2D eigenvalue weighted by atomic mass is 35.5. The lowest BCUT2D eigenvalue weighted by molar-refractivity contribution is 0.0949. The Labute approximate surface area is 163 Å². The van der Waals surface area contributed by atoms with E-state index in [1.807, 2.05) is 42.5 Å². The van der Waals surface area contributed by atoms with Gasteiger partial charge in [0.15, 0.2) is 0 Å². The molecular weight excluding hydrogens is 362 g/mol. The predicted octanol–water partition coefficient (Wildman–Crippen LogP) is 4.46. The lowest BCUT2D eigenvalue weighted by Crippen LogP contribution is -2.26. The van der Waals surface area contributed by atoms with Gasteiger partial charge in [-0.2, -0.15) is 0 Å². The fourth-order valence-corrected chi connectivity index (χ4v) is 2.84. The number of benzene rings is 2. The molecule has 0 saturated heterocycles. The zero-order valence-electron chi connectivity index (χ0n) is 14.9. The Bertz CT molecular complexity index is 931. The molecule has 0 spiro atoms. The van der Waals surface area contributed by atoms with E-state index in [9.17, 15) is 4.79 Å². The quantitative estimate of drug-likeness (QED) is 0.634. The number of methoxy groups -OCH3 is 1. The van der Waals surface area contributed by atoms with Crippen LogP contribution in [-0.2, 0) is 6.42 Å². The van der Waals surface area contributed by atoms with Crippen LogP contribution in [0.5, 0.6) is 5.75 Å². The standard InChI is InChI=1S/C21H20ClN3O2/c1-27-20-9-5-2-6-15(20)10-12-24-21(26)19-14-16(11-13-23-19)25-18-8-4-3-7-17(18)22/h2-9,11,13-14H,10,12H2,1H3,(H,23,25)(H,24,26). The third-order valence-electron chi connectivity index (χ3n) is 4.02. The number of nitrogens with one attached hydrogen (secondary N) is 2. The van der Waals surface area contributed by atoms with E-state index in [4.69, 9.17) is 16.3 Å². The Hall–Kier alpha value is -3.05. The van der Waals surface area contributed by atoms with Crippen molar-refractivity contribution in [3.63, 3.8) is 0 Å². The Morgan fingerprint density at radius 3 is 2.70 bits per heavy atom. The van der Waals surface area contributed by atoms with Crippen molar-refractivity contribution in [2.45, 2.75) is 6.42 Å². The molecule has 0 unspecified atom stereocenters. The van der Waals surface area contributed by atoms with Gasteiger partial charge < -0.3 is 15.4 Å². The summed E-state index contributed by atoms with van der Waals surface area (Å²) in [4.78, 5) is 16.6. The molecule has 3 aromatic rings. The molecule has 2 aromatic carbocycles. The monoisotopic (exact) mass is 381 g/mol. The van der Waals surface area contributed by atoms with Gasteiger partial charge in [0.1, 0.15) is 11.4 Å². The molecule has 0 bridgehead atoms.